The van der Waals surface area contributed by atoms with E-state index in [1.54, 1.807) is 26.1 Å². The molecule has 0 unspecified atom stereocenters. The first-order valence-electron chi connectivity index (χ1n) is 8.82. The van der Waals surface area contributed by atoms with Crippen LogP contribution in [0.3, 0.4) is 0 Å². The summed E-state index contributed by atoms with van der Waals surface area (Å²) in [6.07, 6.45) is 1.67. The van der Waals surface area contributed by atoms with Crippen molar-refractivity contribution in [1.82, 2.24) is 9.29 Å². The van der Waals surface area contributed by atoms with E-state index in [0.717, 1.165) is 9.86 Å². The second kappa shape index (κ2) is 8.38. The Morgan fingerprint density at radius 2 is 1.79 bits per heavy atom. The molecule has 2 aromatic carbocycles. The van der Waals surface area contributed by atoms with Gasteiger partial charge in [-0.05, 0) is 42.5 Å². The van der Waals surface area contributed by atoms with Gasteiger partial charge in [0.2, 0.25) is 10.0 Å². The number of amides is 1. The molecule has 0 fully saturated rings. The van der Waals surface area contributed by atoms with Gasteiger partial charge >= 0.3 is 0 Å². The molecule has 0 atom stereocenters. The summed E-state index contributed by atoms with van der Waals surface area (Å²) in [6.45, 7) is 4.37. The third-order valence-electron chi connectivity index (χ3n) is 4.38. The molecule has 0 radical (unpaired) electrons. The van der Waals surface area contributed by atoms with Gasteiger partial charge in [0.1, 0.15) is 0 Å². The summed E-state index contributed by atoms with van der Waals surface area (Å²) in [5.74, 6) is -0.336. The normalized spacial score (nSPS) is 11.7. The van der Waals surface area contributed by atoms with Gasteiger partial charge < -0.3 is 5.32 Å². The van der Waals surface area contributed by atoms with Crippen LogP contribution in [-0.2, 0) is 10.0 Å². The number of hydrogen-bond acceptors (Lipinski definition) is 4. The zero-order valence-corrected chi connectivity index (χ0v) is 17.9. The van der Waals surface area contributed by atoms with Gasteiger partial charge in [-0.1, -0.05) is 35.8 Å². The Balaban J connectivity index is 1.87. The summed E-state index contributed by atoms with van der Waals surface area (Å²) in [5, 5.41) is 3.75. The van der Waals surface area contributed by atoms with E-state index in [0.29, 0.717) is 29.9 Å². The number of pyridine rings is 1. The zero-order valence-electron chi connectivity index (χ0n) is 15.5. The van der Waals surface area contributed by atoms with Gasteiger partial charge in [0.15, 0.2) is 0 Å². The number of nitrogens with zero attached hydrogens (tertiary/aromatic N) is 2. The van der Waals surface area contributed by atoms with Crippen molar-refractivity contribution in [2.24, 2.45) is 0 Å². The number of halogens is 1. The molecule has 0 aliphatic heterocycles. The van der Waals surface area contributed by atoms with E-state index in [9.17, 15) is 13.2 Å². The highest BCUT2D eigenvalue weighted by Gasteiger charge is 2.21. The van der Waals surface area contributed by atoms with Crippen LogP contribution in [0.25, 0.3) is 10.9 Å². The lowest BCUT2D eigenvalue weighted by molar-refractivity contribution is 0.102. The van der Waals surface area contributed by atoms with Crippen LogP contribution in [0.2, 0.25) is 0 Å². The molecule has 1 N–H and O–H groups in total. The van der Waals surface area contributed by atoms with E-state index in [4.69, 9.17) is 0 Å². The second-order valence-corrected chi connectivity index (χ2v) is 8.95. The van der Waals surface area contributed by atoms with E-state index in [1.165, 1.54) is 28.6 Å². The Morgan fingerprint density at radius 3 is 2.43 bits per heavy atom. The summed E-state index contributed by atoms with van der Waals surface area (Å²) in [4.78, 5) is 17.2. The van der Waals surface area contributed by atoms with E-state index in [-0.39, 0.29) is 10.8 Å². The number of carbonyl (C=O) groups excluding carboxylic acids is 1. The molecule has 0 aliphatic carbocycles. The molecule has 6 nitrogen and oxygen atoms in total. The third kappa shape index (κ3) is 4.09. The molecule has 3 aromatic rings. The minimum atomic E-state index is -3.55. The van der Waals surface area contributed by atoms with Crippen molar-refractivity contribution >= 4 is 48.5 Å². The molecule has 8 heteroatoms. The van der Waals surface area contributed by atoms with Crippen LogP contribution in [0.15, 0.2) is 64.1 Å². The lowest BCUT2D eigenvalue weighted by atomic mass is 10.1. The van der Waals surface area contributed by atoms with Crippen LogP contribution in [0.4, 0.5) is 5.69 Å². The maximum Gasteiger partial charge on any atom is 0.255 e. The molecular weight excluding hydrogens is 442 g/mol. The maximum absolute atomic E-state index is 12.7. The van der Waals surface area contributed by atoms with E-state index < -0.39 is 10.0 Å². The highest BCUT2D eigenvalue weighted by molar-refractivity contribution is 9.10. The second-order valence-electron chi connectivity index (χ2n) is 6.10. The molecule has 3 rings (SSSR count). The SMILES string of the molecule is CCN(CC)S(=O)(=O)c1ccc(C(=O)Nc2cc(Br)cc3cccnc23)cc1. The van der Waals surface area contributed by atoms with Crippen LogP contribution in [-0.4, -0.2) is 36.7 Å². The lowest BCUT2D eigenvalue weighted by Gasteiger charge is -2.18. The van der Waals surface area contributed by atoms with Gasteiger partial charge in [-0.25, -0.2) is 8.42 Å². The molecule has 1 heterocycles. The largest absolute Gasteiger partial charge is 0.320 e. The average Bonchev–Trinajstić information content (AvgIpc) is 2.68. The summed E-state index contributed by atoms with van der Waals surface area (Å²) in [5.41, 5.74) is 1.62. The first-order chi connectivity index (χ1) is 13.4. The fourth-order valence-corrected chi connectivity index (χ4v) is 4.87. The number of anilines is 1. The number of fused-ring (bicyclic) bond motifs is 1. The molecule has 28 heavy (non-hydrogen) atoms. The van der Waals surface area contributed by atoms with E-state index in [2.05, 4.69) is 26.2 Å². The van der Waals surface area contributed by atoms with Crippen LogP contribution in [0, 0.1) is 0 Å². The van der Waals surface area contributed by atoms with Crippen LogP contribution < -0.4 is 5.32 Å². The standard InChI is InChI=1S/C20H20BrN3O3S/c1-3-24(4-2)28(26,27)17-9-7-14(8-10-17)20(25)23-18-13-16(21)12-15-6-5-11-22-19(15)18/h5-13H,3-4H2,1-2H3,(H,23,25). The Morgan fingerprint density at radius 1 is 1.11 bits per heavy atom. The zero-order chi connectivity index (χ0) is 20.3. The number of aromatic nitrogens is 1. The van der Waals surface area contributed by atoms with Gasteiger partial charge in [-0.15, -0.1) is 0 Å². The molecule has 0 aliphatic rings. The smallest absolute Gasteiger partial charge is 0.255 e. The average molecular weight is 462 g/mol. The number of rotatable bonds is 6. The summed E-state index contributed by atoms with van der Waals surface area (Å²) in [6, 6.07) is 13.4. The minimum absolute atomic E-state index is 0.169. The summed E-state index contributed by atoms with van der Waals surface area (Å²) in [7, 11) is -3.55. The summed E-state index contributed by atoms with van der Waals surface area (Å²) >= 11 is 3.44. The van der Waals surface area contributed by atoms with Crippen molar-refractivity contribution in [2.75, 3.05) is 18.4 Å². The van der Waals surface area contributed by atoms with Gasteiger partial charge in [0.05, 0.1) is 16.1 Å². The van der Waals surface area contributed by atoms with Crippen molar-refractivity contribution in [2.45, 2.75) is 18.7 Å². The Bertz CT molecular complexity index is 1110. The number of nitrogens with one attached hydrogen (secondary N) is 1. The molecule has 0 saturated heterocycles. The number of carbonyl (C=O) groups is 1. The van der Waals surface area contributed by atoms with Crippen molar-refractivity contribution in [3.8, 4) is 0 Å². The minimum Gasteiger partial charge on any atom is -0.320 e. The van der Waals surface area contributed by atoms with Crippen LogP contribution in [0.1, 0.15) is 24.2 Å². The lowest BCUT2D eigenvalue weighted by Crippen LogP contribution is -2.30. The van der Waals surface area contributed by atoms with Crippen molar-refractivity contribution in [3.05, 3.63) is 64.8 Å². The highest BCUT2D eigenvalue weighted by atomic mass is 79.9. The maximum atomic E-state index is 12.7. The van der Waals surface area contributed by atoms with Crippen molar-refractivity contribution in [1.29, 1.82) is 0 Å². The monoisotopic (exact) mass is 461 g/mol. The van der Waals surface area contributed by atoms with Gasteiger partial charge in [0, 0.05) is 34.7 Å². The molecule has 0 saturated carbocycles. The summed E-state index contributed by atoms with van der Waals surface area (Å²) < 4.78 is 27.3. The molecular formula is C20H20BrN3O3S. The van der Waals surface area contributed by atoms with E-state index in [1.807, 2.05) is 18.2 Å². The topological polar surface area (TPSA) is 79.4 Å². The molecule has 0 bridgehead atoms. The van der Waals surface area contributed by atoms with E-state index >= 15 is 0 Å². The first kappa shape index (κ1) is 20.4. The Labute approximate surface area is 172 Å². The van der Waals surface area contributed by atoms with Gasteiger partial charge in [0.25, 0.3) is 5.91 Å². The predicted octanol–water partition coefficient (Wildman–Crippen LogP) is 4.28. The number of benzene rings is 2. The number of hydrogen-bond donors (Lipinski definition) is 1. The molecule has 0 spiro atoms. The van der Waals surface area contributed by atoms with Gasteiger partial charge in [-0.2, -0.15) is 4.31 Å². The van der Waals surface area contributed by atoms with Gasteiger partial charge in [-0.3, -0.25) is 9.78 Å². The molecule has 146 valence electrons. The van der Waals surface area contributed by atoms with Crippen LogP contribution >= 0.6 is 15.9 Å². The Kier molecular flexibility index (Phi) is 6.12. The first-order valence-corrected chi connectivity index (χ1v) is 11.1. The third-order valence-corrected chi connectivity index (χ3v) is 6.90. The predicted molar refractivity (Wildman–Crippen MR) is 114 cm³/mol. The molecule has 1 aromatic heterocycles. The number of sulfonamides is 1. The molecule has 1 amide bonds. The Hall–Kier alpha value is -2.29. The van der Waals surface area contributed by atoms with Crippen molar-refractivity contribution in [3.63, 3.8) is 0 Å². The fourth-order valence-electron chi connectivity index (χ4n) is 2.94. The quantitative estimate of drug-likeness (QED) is 0.593. The van der Waals surface area contributed by atoms with Crippen LogP contribution in [0.5, 0.6) is 0 Å². The van der Waals surface area contributed by atoms with Crippen molar-refractivity contribution < 1.29 is 13.2 Å². The fraction of sp³-hybridized carbons (Fsp3) is 0.200. The highest BCUT2D eigenvalue weighted by Crippen LogP contribution is 2.27.